The van der Waals surface area contributed by atoms with Crippen molar-refractivity contribution >= 4 is 17.1 Å². The Morgan fingerprint density at radius 2 is 2.15 bits per heavy atom. The molecule has 2 aromatic rings. The van der Waals surface area contributed by atoms with Gasteiger partial charge in [0.2, 0.25) is 11.0 Å². The molecule has 0 unspecified atom stereocenters. The van der Waals surface area contributed by atoms with Crippen molar-refractivity contribution in [3.05, 3.63) is 28.1 Å². The van der Waals surface area contributed by atoms with E-state index >= 15 is 0 Å². The number of fused-ring (bicyclic) bond motifs is 1. The minimum atomic E-state index is -0.168. The van der Waals surface area contributed by atoms with Crippen LogP contribution in [0.5, 0.6) is 0 Å². The number of hydrogen-bond acceptors (Lipinski definition) is 4. The molecule has 4 nitrogen and oxygen atoms in total. The van der Waals surface area contributed by atoms with Crippen molar-refractivity contribution in [3.63, 3.8) is 0 Å². The first-order valence-electron chi connectivity index (χ1n) is 3.92. The van der Waals surface area contributed by atoms with Gasteiger partial charge in [0.15, 0.2) is 11.5 Å². The first kappa shape index (κ1) is 7.91. The third-order valence-corrected chi connectivity index (χ3v) is 1.86. The van der Waals surface area contributed by atoms with Crippen LogP contribution in [0.2, 0.25) is 0 Å². The molecule has 0 aliphatic carbocycles. The van der Waals surface area contributed by atoms with E-state index in [0.717, 1.165) is 5.56 Å². The van der Waals surface area contributed by atoms with Gasteiger partial charge in [-0.3, -0.25) is 4.79 Å². The maximum Gasteiger partial charge on any atom is 0.230 e. The van der Waals surface area contributed by atoms with Crippen molar-refractivity contribution in [2.24, 2.45) is 0 Å². The minimum Gasteiger partial charge on any atom is -0.456 e. The summed E-state index contributed by atoms with van der Waals surface area (Å²) in [5, 5.41) is 2.77. The maximum absolute atomic E-state index is 11.4. The van der Waals surface area contributed by atoms with Gasteiger partial charge in [-0.05, 0) is 6.92 Å². The Hall–Kier alpha value is -1.71. The molecule has 0 atom stereocenters. The lowest BCUT2D eigenvalue weighted by Crippen LogP contribution is -2.00. The van der Waals surface area contributed by atoms with E-state index in [0.29, 0.717) is 11.5 Å². The highest BCUT2D eigenvalue weighted by Crippen LogP contribution is 2.20. The summed E-state index contributed by atoms with van der Waals surface area (Å²) in [5.41, 5.74) is 1.44. The fraction of sp³-hybridized carbons (Fsp3) is 0.222. The summed E-state index contributed by atoms with van der Waals surface area (Å²) in [6.07, 6.45) is 1.51. The van der Waals surface area contributed by atoms with E-state index in [1.165, 1.54) is 12.3 Å². The number of rotatable bonds is 1. The van der Waals surface area contributed by atoms with E-state index in [-0.39, 0.29) is 11.0 Å². The molecule has 0 aromatic carbocycles. The zero-order valence-electron chi connectivity index (χ0n) is 7.38. The zero-order valence-corrected chi connectivity index (χ0v) is 7.38. The number of hydrogen-bond donors (Lipinski definition) is 1. The third-order valence-electron chi connectivity index (χ3n) is 1.86. The molecule has 0 fully saturated rings. The highest BCUT2D eigenvalue weighted by atomic mass is 16.4. The summed E-state index contributed by atoms with van der Waals surface area (Å²) < 4.78 is 10.4. The minimum absolute atomic E-state index is 0.168. The van der Waals surface area contributed by atoms with Crippen molar-refractivity contribution in [1.29, 1.82) is 0 Å². The number of nitrogens with one attached hydrogen (secondary N) is 1. The summed E-state index contributed by atoms with van der Waals surface area (Å²) in [6, 6.07) is 1.37. The van der Waals surface area contributed by atoms with E-state index in [1.807, 2.05) is 6.92 Å². The molecular formula is C9H9NO3. The highest BCUT2D eigenvalue weighted by Gasteiger charge is 2.09. The monoisotopic (exact) mass is 179 g/mol. The standard InChI is InChI=1S/C9H9NO3/c1-5-4-12-9-6(11)3-7(10-2)13-8(5)9/h3-4,10H,1-2H3. The zero-order chi connectivity index (χ0) is 9.42. The van der Waals surface area contributed by atoms with Crippen LogP contribution in [0, 0.1) is 6.92 Å². The smallest absolute Gasteiger partial charge is 0.230 e. The SMILES string of the molecule is CNc1cc(=O)c2occ(C)c2o1. The molecular weight excluding hydrogens is 170 g/mol. The summed E-state index contributed by atoms with van der Waals surface area (Å²) >= 11 is 0. The molecule has 2 aromatic heterocycles. The molecule has 0 spiro atoms. The lowest BCUT2D eigenvalue weighted by Gasteiger charge is -1.96. The van der Waals surface area contributed by atoms with Crippen LogP contribution in [0.15, 0.2) is 26.0 Å². The normalized spacial score (nSPS) is 10.6. The van der Waals surface area contributed by atoms with E-state index in [1.54, 1.807) is 7.05 Å². The number of furan rings is 1. The largest absolute Gasteiger partial charge is 0.456 e. The molecule has 13 heavy (non-hydrogen) atoms. The van der Waals surface area contributed by atoms with E-state index in [4.69, 9.17) is 8.83 Å². The van der Waals surface area contributed by atoms with Gasteiger partial charge in [0.1, 0.15) is 0 Å². The topological polar surface area (TPSA) is 55.4 Å². The fourth-order valence-corrected chi connectivity index (χ4v) is 1.18. The Morgan fingerprint density at radius 3 is 2.85 bits per heavy atom. The molecule has 68 valence electrons. The van der Waals surface area contributed by atoms with Crippen LogP contribution in [0.1, 0.15) is 5.56 Å². The Labute approximate surface area is 74.2 Å². The second-order valence-electron chi connectivity index (χ2n) is 2.80. The molecule has 0 radical (unpaired) electrons. The third kappa shape index (κ3) is 1.11. The quantitative estimate of drug-likeness (QED) is 0.724. The van der Waals surface area contributed by atoms with Gasteiger partial charge in [0.05, 0.1) is 6.26 Å². The van der Waals surface area contributed by atoms with Crippen LogP contribution >= 0.6 is 0 Å². The summed E-state index contributed by atoms with van der Waals surface area (Å²) in [7, 11) is 1.69. The van der Waals surface area contributed by atoms with Gasteiger partial charge < -0.3 is 14.2 Å². The van der Waals surface area contributed by atoms with Gasteiger partial charge >= 0.3 is 0 Å². The van der Waals surface area contributed by atoms with Gasteiger partial charge in [-0.25, -0.2) is 0 Å². The predicted octanol–water partition coefficient (Wildman–Crippen LogP) is 1.74. The van der Waals surface area contributed by atoms with E-state index < -0.39 is 0 Å². The summed E-state index contributed by atoms with van der Waals surface area (Å²) in [6.45, 7) is 1.83. The number of aryl methyl sites for hydroxylation is 1. The van der Waals surface area contributed by atoms with Crippen LogP contribution in [0.4, 0.5) is 5.88 Å². The van der Waals surface area contributed by atoms with E-state index in [2.05, 4.69) is 5.32 Å². The molecule has 1 N–H and O–H groups in total. The van der Waals surface area contributed by atoms with Crippen molar-refractivity contribution in [2.75, 3.05) is 12.4 Å². The second-order valence-corrected chi connectivity index (χ2v) is 2.80. The summed E-state index contributed by atoms with van der Waals surface area (Å²) in [4.78, 5) is 11.4. The molecule has 4 heteroatoms. The van der Waals surface area contributed by atoms with Crippen molar-refractivity contribution in [2.45, 2.75) is 6.92 Å². The Kier molecular flexibility index (Phi) is 1.62. The van der Waals surface area contributed by atoms with Crippen molar-refractivity contribution in [3.8, 4) is 0 Å². The lowest BCUT2D eigenvalue weighted by atomic mass is 10.3. The van der Waals surface area contributed by atoms with Crippen LogP contribution in [-0.2, 0) is 0 Å². The Morgan fingerprint density at radius 1 is 1.38 bits per heavy atom. The van der Waals surface area contributed by atoms with Gasteiger partial charge in [-0.1, -0.05) is 0 Å². The van der Waals surface area contributed by atoms with Gasteiger partial charge in [0.25, 0.3) is 0 Å². The molecule has 0 bridgehead atoms. The molecule has 0 amide bonds. The molecule has 0 aliphatic rings. The molecule has 2 heterocycles. The average molecular weight is 179 g/mol. The van der Waals surface area contributed by atoms with Crippen LogP contribution in [0.3, 0.4) is 0 Å². The van der Waals surface area contributed by atoms with Gasteiger partial charge in [-0.15, -0.1) is 0 Å². The highest BCUT2D eigenvalue weighted by molar-refractivity contribution is 5.74. The lowest BCUT2D eigenvalue weighted by molar-refractivity contribution is 0.587. The average Bonchev–Trinajstić information content (AvgIpc) is 2.48. The van der Waals surface area contributed by atoms with Crippen LogP contribution in [0.25, 0.3) is 11.2 Å². The first-order chi connectivity index (χ1) is 6.22. The Balaban J connectivity index is 2.88. The second kappa shape index (κ2) is 2.65. The molecule has 0 saturated carbocycles. The van der Waals surface area contributed by atoms with Gasteiger partial charge in [-0.2, -0.15) is 0 Å². The Bertz CT molecular complexity index is 495. The van der Waals surface area contributed by atoms with Gasteiger partial charge in [0, 0.05) is 18.7 Å². The van der Waals surface area contributed by atoms with Crippen molar-refractivity contribution in [1.82, 2.24) is 0 Å². The molecule has 0 aliphatic heterocycles. The fourth-order valence-electron chi connectivity index (χ4n) is 1.18. The first-order valence-corrected chi connectivity index (χ1v) is 3.92. The number of anilines is 1. The van der Waals surface area contributed by atoms with E-state index in [9.17, 15) is 4.79 Å². The van der Waals surface area contributed by atoms with Crippen LogP contribution < -0.4 is 10.7 Å². The molecule has 2 rings (SSSR count). The maximum atomic E-state index is 11.4. The predicted molar refractivity (Wildman–Crippen MR) is 49.0 cm³/mol. The molecule has 0 saturated heterocycles. The van der Waals surface area contributed by atoms with Crippen molar-refractivity contribution < 1.29 is 8.83 Å². The van der Waals surface area contributed by atoms with Crippen LogP contribution in [-0.4, -0.2) is 7.05 Å². The summed E-state index contributed by atoms with van der Waals surface area (Å²) in [5.74, 6) is 0.446.